The van der Waals surface area contributed by atoms with E-state index in [2.05, 4.69) is 6.92 Å². The van der Waals surface area contributed by atoms with Gasteiger partial charge < -0.3 is 15.2 Å². The topological polar surface area (TPSA) is 44.5 Å². The average molecular weight is 175 g/mol. The molecule has 0 aromatic rings. The Morgan fingerprint density at radius 2 is 1.67 bits per heavy atom. The summed E-state index contributed by atoms with van der Waals surface area (Å²) in [4.78, 5) is 0. The molecule has 0 aliphatic rings. The van der Waals surface area contributed by atoms with E-state index < -0.39 is 0 Å². The SMILES string of the molecule is CCCCOCOCCCCN. The van der Waals surface area contributed by atoms with Gasteiger partial charge in [0.2, 0.25) is 0 Å². The van der Waals surface area contributed by atoms with Crippen LogP contribution in [0.2, 0.25) is 0 Å². The van der Waals surface area contributed by atoms with Crippen LogP contribution in [-0.4, -0.2) is 26.6 Å². The third-order valence-electron chi connectivity index (χ3n) is 1.55. The lowest BCUT2D eigenvalue weighted by molar-refractivity contribution is -0.0551. The fraction of sp³-hybridized carbons (Fsp3) is 1.00. The van der Waals surface area contributed by atoms with Gasteiger partial charge in [0.15, 0.2) is 0 Å². The third-order valence-corrected chi connectivity index (χ3v) is 1.55. The van der Waals surface area contributed by atoms with Crippen molar-refractivity contribution in [1.82, 2.24) is 0 Å². The van der Waals surface area contributed by atoms with Crippen molar-refractivity contribution in [3.63, 3.8) is 0 Å². The van der Waals surface area contributed by atoms with Crippen LogP contribution in [0, 0.1) is 0 Å². The second-order valence-corrected chi connectivity index (χ2v) is 2.78. The van der Waals surface area contributed by atoms with Gasteiger partial charge in [-0.2, -0.15) is 0 Å². The van der Waals surface area contributed by atoms with Gasteiger partial charge in [-0.3, -0.25) is 0 Å². The van der Waals surface area contributed by atoms with E-state index >= 15 is 0 Å². The van der Waals surface area contributed by atoms with E-state index in [-0.39, 0.29) is 0 Å². The van der Waals surface area contributed by atoms with Crippen LogP contribution in [0.15, 0.2) is 0 Å². The monoisotopic (exact) mass is 175 g/mol. The molecule has 12 heavy (non-hydrogen) atoms. The van der Waals surface area contributed by atoms with E-state index in [9.17, 15) is 0 Å². The van der Waals surface area contributed by atoms with E-state index in [1.54, 1.807) is 0 Å². The summed E-state index contributed by atoms with van der Waals surface area (Å²) in [7, 11) is 0. The van der Waals surface area contributed by atoms with Gasteiger partial charge in [0.25, 0.3) is 0 Å². The summed E-state index contributed by atoms with van der Waals surface area (Å²) in [6, 6.07) is 0. The van der Waals surface area contributed by atoms with Crippen molar-refractivity contribution in [1.29, 1.82) is 0 Å². The van der Waals surface area contributed by atoms with Gasteiger partial charge in [-0.25, -0.2) is 0 Å². The summed E-state index contributed by atoms with van der Waals surface area (Å²) in [6.07, 6.45) is 4.36. The molecule has 0 rings (SSSR count). The molecule has 0 unspecified atom stereocenters. The molecule has 0 saturated heterocycles. The second-order valence-electron chi connectivity index (χ2n) is 2.78. The minimum atomic E-state index is 0.435. The van der Waals surface area contributed by atoms with Crippen molar-refractivity contribution in [2.45, 2.75) is 32.6 Å². The molecule has 0 aliphatic carbocycles. The quantitative estimate of drug-likeness (QED) is 0.427. The van der Waals surface area contributed by atoms with Gasteiger partial charge in [-0.15, -0.1) is 0 Å². The molecule has 0 heterocycles. The van der Waals surface area contributed by atoms with Crippen LogP contribution in [0.5, 0.6) is 0 Å². The number of ether oxygens (including phenoxy) is 2. The Bertz CT molecular complexity index is 68.9. The normalized spacial score (nSPS) is 10.5. The van der Waals surface area contributed by atoms with Gasteiger partial charge in [-0.05, 0) is 25.8 Å². The molecule has 0 saturated carbocycles. The summed E-state index contributed by atoms with van der Waals surface area (Å²) in [5.74, 6) is 0. The molecule has 2 N–H and O–H groups in total. The maximum atomic E-state index is 5.32. The first-order chi connectivity index (χ1) is 5.91. The molecule has 3 nitrogen and oxygen atoms in total. The van der Waals surface area contributed by atoms with Crippen molar-refractivity contribution in [2.24, 2.45) is 5.73 Å². The van der Waals surface area contributed by atoms with Crippen LogP contribution in [0.3, 0.4) is 0 Å². The van der Waals surface area contributed by atoms with Crippen molar-refractivity contribution >= 4 is 0 Å². The maximum Gasteiger partial charge on any atom is 0.146 e. The highest BCUT2D eigenvalue weighted by Crippen LogP contribution is 1.90. The standard InChI is InChI=1S/C9H21NO2/c1-2-3-7-11-9-12-8-5-4-6-10/h2-10H2,1H3. The molecule has 0 amide bonds. The molecule has 0 radical (unpaired) electrons. The van der Waals surface area contributed by atoms with Crippen LogP contribution in [0.4, 0.5) is 0 Å². The predicted octanol–water partition coefficient (Wildman–Crippen LogP) is 1.52. The van der Waals surface area contributed by atoms with Crippen LogP contribution < -0.4 is 5.73 Å². The molecule has 0 aliphatic heterocycles. The van der Waals surface area contributed by atoms with E-state index in [1.807, 2.05) is 0 Å². The lowest BCUT2D eigenvalue weighted by atomic mass is 10.3. The smallest absolute Gasteiger partial charge is 0.146 e. The number of nitrogens with two attached hydrogens (primary N) is 1. The average Bonchev–Trinajstić information content (AvgIpc) is 2.10. The van der Waals surface area contributed by atoms with Crippen LogP contribution in [0.1, 0.15) is 32.6 Å². The zero-order chi connectivity index (χ0) is 9.07. The molecule has 0 fully saturated rings. The van der Waals surface area contributed by atoms with Gasteiger partial charge in [0, 0.05) is 13.2 Å². The van der Waals surface area contributed by atoms with E-state index in [0.717, 1.165) is 39.0 Å². The Morgan fingerprint density at radius 3 is 2.25 bits per heavy atom. The molecular formula is C9H21NO2. The summed E-state index contributed by atoms with van der Waals surface area (Å²) < 4.78 is 10.4. The first-order valence-corrected chi connectivity index (χ1v) is 4.77. The van der Waals surface area contributed by atoms with Crippen molar-refractivity contribution in [3.05, 3.63) is 0 Å². The summed E-state index contributed by atoms with van der Waals surface area (Å²) >= 11 is 0. The number of hydrogen-bond acceptors (Lipinski definition) is 3. The van der Waals surface area contributed by atoms with Crippen molar-refractivity contribution < 1.29 is 9.47 Å². The lowest BCUT2D eigenvalue weighted by Crippen LogP contribution is -2.05. The Kier molecular flexibility index (Phi) is 10.8. The summed E-state index contributed by atoms with van der Waals surface area (Å²) in [5, 5.41) is 0. The third kappa shape index (κ3) is 9.88. The lowest BCUT2D eigenvalue weighted by Gasteiger charge is -2.04. The van der Waals surface area contributed by atoms with Gasteiger partial charge in [0.1, 0.15) is 6.79 Å². The Labute approximate surface area is 75.2 Å². The molecule has 0 atom stereocenters. The summed E-state index contributed by atoms with van der Waals surface area (Å²) in [6.45, 7) is 4.91. The van der Waals surface area contributed by atoms with Gasteiger partial charge in [-0.1, -0.05) is 13.3 Å². The Morgan fingerprint density at radius 1 is 1.00 bits per heavy atom. The molecular weight excluding hydrogens is 154 g/mol. The molecule has 0 aromatic heterocycles. The highest BCUT2D eigenvalue weighted by atomic mass is 16.7. The largest absolute Gasteiger partial charge is 0.355 e. The van der Waals surface area contributed by atoms with E-state index in [4.69, 9.17) is 15.2 Å². The molecule has 0 spiro atoms. The molecule has 74 valence electrons. The first-order valence-electron chi connectivity index (χ1n) is 4.77. The van der Waals surface area contributed by atoms with Crippen molar-refractivity contribution in [2.75, 3.05) is 26.6 Å². The molecule has 0 bridgehead atoms. The highest BCUT2D eigenvalue weighted by molar-refractivity contribution is 4.37. The zero-order valence-corrected chi connectivity index (χ0v) is 8.05. The number of unbranched alkanes of at least 4 members (excludes halogenated alkanes) is 2. The number of rotatable bonds is 9. The van der Waals surface area contributed by atoms with E-state index in [0.29, 0.717) is 6.79 Å². The molecule has 0 aromatic carbocycles. The summed E-state index contributed by atoms with van der Waals surface area (Å²) in [5.41, 5.74) is 5.32. The highest BCUT2D eigenvalue weighted by Gasteiger charge is 1.88. The maximum absolute atomic E-state index is 5.32. The first kappa shape index (κ1) is 11.9. The fourth-order valence-corrected chi connectivity index (χ4v) is 0.772. The van der Waals surface area contributed by atoms with Gasteiger partial charge >= 0.3 is 0 Å². The minimum absolute atomic E-state index is 0.435. The Hall–Kier alpha value is -0.120. The van der Waals surface area contributed by atoms with Crippen LogP contribution >= 0.6 is 0 Å². The fourth-order valence-electron chi connectivity index (χ4n) is 0.772. The second kappa shape index (κ2) is 10.9. The van der Waals surface area contributed by atoms with E-state index in [1.165, 1.54) is 6.42 Å². The zero-order valence-electron chi connectivity index (χ0n) is 8.05. The molecule has 3 heteroatoms. The van der Waals surface area contributed by atoms with Crippen LogP contribution in [0.25, 0.3) is 0 Å². The van der Waals surface area contributed by atoms with Gasteiger partial charge in [0.05, 0.1) is 0 Å². The number of hydrogen-bond donors (Lipinski definition) is 1. The van der Waals surface area contributed by atoms with Crippen LogP contribution in [-0.2, 0) is 9.47 Å². The van der Waals surface area contributed by atoms with Crippen molar-refractivity contribution in [3.8, 4) is 0 Å². The Balaban J connectivity index is 2.73. The minimum Gasteiger partial charge on any atom is -0.355 e. The predicted molar refractivity (Wildman–Crippen MR) is 50.0 cm³/mol.